The molecule has 2 amide bonds. The van der Waals surface area contributed by atoms with Gasteiger partial charge in [0.25, 0.3) is 5.69 Å². The molecule has 6 heteroatoms. The summed E-state index contributed by atoms with van der Waals surface area (Å²) in [6.45, 7) is 4.10. The third-order valence-corrected chi connectivity index (χ3v) is 7.68. The molecule has 6 nitrogen and oxygen atoms in total. The molecule has 2 bridgehead atoms. The topological polar surface area (TPSA) is 80.5 Å². The smallest absolute Gasteiger partial charge is 0.271 e. The van der Waals surface area contributed by atoms with Crippen molar-refractivity contribution in [3.8, 4) is 0 Å². The van der Waals surface area contributed by atoms with E-state index in [2.05, 4.69) is 60.7 Å². The van der Waals surface area contributed by atoms with Gasteiger partial charge in [0, 0.05) is 24.0 Å². The Morgan fingerprint density at radius 2 is 1.28 bits per heavy atom. The van der Waals surface area contributed by atoms with Gasteiger partial charge in [-0.2, -0.15) is 0 Å². The number of carbonyl (C=O) groups is 2. The van der Waals surface area contributed by atoms with Gasteiger partial charge >= 0.3 is 0 Å². The fourth-order valence-corrected chi connectivity index (χ4v) is 6.04. The number of nitrogens with zero attached hydrogens (tertiary/aromatic N) is 2. The number of hydrogen-bond donors (Lipinski definition) is 0. The summed E-state index contributed by atoms with van der Waals surface area (Å²) in [5, 5.41) is 11.3. The van der Waals surface area contributed by atoms with Gasteiger partial charge in [-0.1, -0.05) is 77.9 Å². The van der Waals surface area contributed by atoms with Crippen LogP contribution in [0.5, 0.6) is 0 Å². The standard InChI is InChI=1S/C30H24N2O4/c1-17-6-10-19(11-7-17)25(20-12-8-18(2)9-13-20)26-23-14-15-24(26)28-27(23)29(33)31(30(28)34)21-4-3-5-22(16-21)32(35)36/h3-16,23-24,27-28H,1-2H3/t23-,24-,27+,28+/m1/s1. The van der Waals surface area contributed by atoms with Gasteiger partial charge in [-0.15, -0.1) is 0 Å². The lowest BCUT2D eigenvalue weighted by molar-refractivity contribution is -0.384. The maximum Gasteiger partial charge on any atom is 0.271 e. The molecule has 0 spiro atoms. The molecule has 3 aromatic rings. The number of non-ortho nitro benzene ring substituents is 1. The van der Waals surface area contributed by atoms with Gasteiger partial charge in [-0.3, -0.25) is 19.7 Å². The zero-order valence-corrected chi connectivity index (χ0v) is 19.9. The van der Waals surface area contributed by atoms with Crippen LogP contribution in [-0.2, 0) is 9.59 Å². The second-order valence-corrected chi connectivity index (χ2v) is 9.84. The molecular weight excluding hydrogens is 452 g/mol. The van der Waals surface area contributed by atoms with Crippen LogP contribution in [0.3, 0.4) is 0 Å². The highest BCUT2D eigenvalue weighted by Crippen LogP contribution is 2.59. The molecule has 0 unspecified atom stereocenters. The lowest BCUT2D eigenvalue weighted by Crippen LogP contribution is -2.33. The minimum atomic E-state index is -0.517. The summed E-state index contributed by atoms with van der Waals surface area (Å²) in [7, 11) is 0. The Morgan fingerprint density at radius 1 is 0.778 bits per heavy atom. The average molecular weight is 477 g/mol. The van der Waals surface area contributed by atoms with Gasteiger partial charge < -0.3 is 0 Å². The van der Waals surface area contributed by atoms with Crippen LogP contribution in [0.1, 0.15) is 22.3 Å². The SMILES string of the molecule is Cc1ccc(C(=C2[C@H]3C=C[C@H]2[C@@H]2C(=O)N(c4cccc([N+](=O)[O-])c4)C(=O)[C@H]23)c2ccc(C)cc2)cc1. The van der Waals surface area contributed by atoms with E-state index in [1.807, 2.05) is 13.8 Å². The van der Waals surface area contributed by atoms with Crippen LogP contribution in [0, 0.1) is 47.6 Å². The van der Waals surface area contributed by atoms with Crippen molar-refractivity contribution in [1.82, 2.24) is 0 Å². The van der Waals surface area contributed by atoms with Gasteiger partial charge in [0.1, 0.15) is 0 Å². The van der Waals surface area contributed by atoms with Gasteiger partial charge in [-0.25, -0.2) is 4.90 Å². The van der Waals surface area contributed by atoms with E-state index in [-0.39, 0.29) is 35.0 Å². The molecule has 1 heterocycles. The maximum absolute atomic E-state index is 13.7. The predicted molar refractivity (Wildman–Crippen MR) is 137 cm³/mol. The highest BCUT2D eigenvalue weighted by Gasteiger charge is 2.62. The molecule has 0 radical (unpaired) electrons. The van der Waals surface area contributed by atoms with E-state index in [9.17, 15) is 19.7 Å². The van der Waals surface area contributed by atoms with E-state index in [1.54, 1.807) is 6.07 Å². The summed E-state index contributed by atoms with van der Waals surface area (Å²) < 4.78 is 0. The number of carbonyl (C=O) groups excluding carboxylic acids is 2. The van der Waals surface area contributed by atoms with Crippen molar-refractivity contribution in [2.75, 3.05) is 4.90 Å². The Balaban J connectivity index is 1.47. The number of allylic oxidation sites excluding steroid dienone is 3. The third kappa shape index (κ3) is 3.25. The molecule has 2 fully saturated rings. The van der Waals surface area contributed by atoms with E-state index in [0.29, 0.717) is 0 Å². The quantitative estimate of drug-likeness (QED) is 0.211. The molecule has 3 aliphatic rings. The number of rotatable bonds is 4. The van der Waals surface area contributed by atoms with Gasteiger partial charge in [0.15, 0.2) is 0 Å². The largest absolute Gasteiger partial charge is 0.274 e. The second kappa shape index (κ2) is 8.12. The van der Waals surface area contributed by atoms with Crippen LogP contribution in [0.15, 0.2) is 90.5 Å². The van der Waals surface area contributed by atoms with Gasteiger partial charge in [-0.05, 0) is 42.2 Å². The first-order valence-electron chi connectivity index (χ1n) is 12.0. The minimum absolute atomic E-state index is 0.145. The van der Waals surface area contributed by atoms with E-state index >= 15 is 0 Å². The first-order chi connectivity index (χ1) is 17.3. The first-order valence-corrected chi connectivity index (χ1v) is 12.0. The number of imide groups is 1. The molecule has 4 atom stereocenters. The van der Waals surface area contributed by atoms with E-state index in [4.69, 9.17) is 0 Å². The first kappa shape index (κ1) is 22.2. The zero-order chi connectivity index (χ0) is 25.1. The lowest BCUT2D eigenvalue weighted by atomic mass is 9.85. The normalized spacial score (nSPS) is 23.9. The number of amides is 2. The Bertz CT molecular complexity index is 1400. The fraction of sp³-hybridized carbons (Fsp3) is 0.200. The Labute approximate surface area is 208 Å². The van der Waals surface area contributed by atoms with Crippen molar-refractivity contribution in [3.63, 3.8) is 0 Å². The Hall–Kier alpha value is -4.32. The Morgan fingerprint density at radius 3 is 1.75 bits per heavy atom. The average Bonchev–Trinajstić information content (AvgIpc) is 3.50. The molecule has 1 aliphatic heterocycles. The molecule has 1 saturated carbocycles. The summed E-state index contributed by atoms with van der Waals surface area (Å²) in [6.07, 6.45) is 4.12. The highest BCUT2D eigenvalue weighted by atomic mass is 16.6. The summed E-state index contributed by atoms with van der Waals surface area (Å²) >= 11 is 0. The molecule has 36 heavy (non-hydrogen) atoms. The number of anilines is 1. The molecule has 3 aromatic carbocycles. The van der Waals surface area contributed by atoms with Crippen LogP contribution in [0.25, 0.3) is 5.57 Å². The van der Waals surface area contributed by atoms with Crippen LogP contribution < -0.4 is 4.90 Å². The number of aryl methyl sites for hydroxylation is 2. The highest BCUT2D eigenvalue weighted by molar-refractivity contribution is 6.23. The second-order valence-electron chi connectivity index (χ2n) is 9.84. The number of fused-ring (bicyclic) bond motifs is 5. The number of nitro benzene ring substituents is 1. The van der Waals surface area contributed by atoms with Crippen molar-refractivity contribution < 1.29 is 14.5 Å². The summed E-state index contributed by atoms with van der Waals surface area (Å²) in [4.78, 5) is 39.3. The molecule has 0 N–H and O–H groups in total. The Kier molecular flexibility index (Phi) is 5.00. The lowest BCUT2D eigenvalue weighted by Gasteiger charge is -2.21. The van der Waals surface area contributed by atoms with Crippen LogP contribution >= 0.6 is 0 Å². The van der Waals surface area contributed by atoms with Crippen LogP contribution in [0.4, 0.5) is 11.4 Å². The van der Waals surface area contributed by atoms with E-state index in [0.717, 1.165) is 38.3 Å². The van der Waals surface area contributed by atoms with Crippen molar-refractivity contribution in [2.45, 2.75) is 13.8 Å². The van der Waals surface area contributed by atoms with Gasteiger partial charge in [0.2, 0.25) is 11.8 Å². The number of benzene rings is 3. The minimum Gasteiger partial charge on any atom is -0.274 e. The molecule has 2 aliphatic carbocycles. The van der Waals surface area contributed by atoms with E-state index in [1.165, 1.54) is 18.2 Å². The van der Waals surface area contributed by atoms with Crippen LogP contribution in [0.2, 0.25) is 0 Å². The third-order valence-electron chi connectivity index (χ3n) is 7.68. The number of nitro groups is 1. The zero-order valence-electron chi connectivity index (χ0n) is 19.9. The fourth-order valence-electron chi connectivity index (χ4n) is 6.04. The van der Waals surface area contributed by atoms with Crippen molar-refractivity contribution >= 4 is 28.8 Å². The van der Waals surface area contributed by atoms with Crippen molar-refractivity contribution in [2.24, 2.45) is 23.7 Å². The summed E-state index contributed by atoms with van der Waals surface area (Å²) in [5.74, 6) is -1.98. The maximum atomic E-state index is 13.7. The number of hydrogen-bond acceptors (Lipinski definition) is 4. The molecule has 6 rings (SSSR count). The molecule has 178 valence electrons. The molecule has 1 saturated heterocycles. The van der Waals surface area contributed by atoms with Crippen LogP contribution in [-0.4, -0.2) is 16.7 Å². The molecule has 0 aromatic heterocycles. The summed E-state index contributed by atoms with van der Waals surface area (Å²) in [6, 6.07) is 22.5. The van der Waals surface area contributed by atoms with E-state index < -0.39 is 16.8 Å². The van der Waals surface area contributed by atoms with Crippen molar-refractivity contribution in [1.29, 1.82) is 0 Å². The monoisotopic (exact) mass is 476 g/mol. The molecular formula is C30H24N2O4. The predicted octanol–water partition coefficient (Wildman–Crippen LogP) is 5.64. The summed E-state index contributed by atoms with van der Waals surface area (Å²) in [5.41, 5.74) is 6.75. The van der Waals surface area contributed by atoms with Crippen molar-refractivity contribution in [3.05, 3.63) is 123 Å². The van der Waals surface area contributed by atoms with Gasteiger partial charge in [0.05, 0.1) is 22.4 Å².